The van der Waals surface area contributed by atoms with E-state index in [1.807, 2.05) is 26.0 Å². The van der Waals surface area contributed by atoms with Crippen LogP contribution in [0, 0.1) is 25.5 Å². The van der Waals surface area contributed by atoms with Crippen molar-refractivity contribution in [1.29, 1.82) is 0 Å². The third-order valence-electron chi connectivity index (χ3n) is 3.44. The fourth-order valence-electron chi connectivity index (χ4n) is 2.06. The van der Waals surface area contributed by atoms with Crippen LogP contribution < -0.4 is 5.32 Å². The van der Waals surface area contributed by atoms with Gasteiger partial charge < -0.3 is 5.32 Å². The van der Waals surface area contributed by atoms with E-state index >= 15 is 0 Å². The summed E-state index contributed by atoms with van der Waals surface area (Å²) in [5, 5.41) is 3.17. The summed E-state index contributed by atoms with van der Waals surface area (Å²) in [5.74, 6) is -0.772. The molecule has 0 saturated carbocycles. The molecular weight excluding hydrogens is 258 g/mol. The van der Waals surface area contributed by atoms with Crippen molar-refractivity contribution in [2.45, 2.75) is 33.4 Å². The lowest BCUT2D eigenvalue weighted by Gasteiger charge is -2.16. The summed E-state index contributed by atoms with van der Waals surface area (Å²) < 4.78 is 27.4. The Labute approximate surface area is 117 Å². The lowest BCUT2D eigenvalue weighted by atomic mass is 10.0. The predicted octanol–water partition coefficient (Wildman–Crippen LogP) is 3.83. The molecule has 1 unspecified atom stereocenters. The number of hydrogen-bond acceptors (Lipinski definition) is 2. The van der Waals surface area contributed by atoms with E-state index in [0.29, 0.717) is 17.7 Å². The molecule has 106 valence electrons. The SMILES string of the molecule is Cc1cc(F)c(C(C)NCc2ncccc2C)cc1F. The van der Waals surface area contributed by atoms with Gasteiger partial charge in [-0.25, -0.2) is 8.78 Å². The molecule has 0 amide bonds. The van der Waals surface area contributed by atoms with Gasteiger partial charge >= 0.3 is 0 Å². The highest BCUT2D eigenvalue weighted by Crippen LogP contribution is 2.21. The molecule has 0 bridgehead atoms. The normalized spacial score (nSPS) is 12.4. The number of aryl methyl sites for hydroxylation is 2. The number of benzene rings is 1. The molecule has 2 rings (SSSR count). The van der Waals surface area contributed by atoms with Gasteiger partial charge in [0.1, 0.15) is 11.6 Å². The van der Waals surface area contributed by atoms with Crippen molar-refractivity contribution in [2.24, 2.45) is 0 Å². The Hall–Kier alpha value is -1.81. The minimum absolute atomic E-state index is 0.286. The monoisotopic (exact) mass is 276 g/mol. The van der Waals surface area contributed by atoms with Crippen molar-refractivity contribution in [3.63, 3.8) is 0 Å². The maximum Gasteiger partial charge on any atom is 0.128 e. The van der Waals surface area contributed by atoms with Gasteiger partial charge in [-0.15, -0.1) is 0 Å². The Balaban J connectivity index is 2.11. The Morgan fingerprint density at radius 1 is 1.15 bits per heavy atom. The van der Waals surface area contributed by atoms with Crippen LogP contribution in [0.5, 0.6) is 0 Å². The van der Waals surface area contributed by atoms with Crippen LogP contribution >= 0.6 is 0 Å². The molecule has 0 aliphatic heterocycles. The summed E-state index contributed by atoms with van der Waals surface area (Å²) in [6.45, 7) is 5.85. The zero-order valence-electron chi connectivity index (χ0n) is 11.9. The first-order chi connectivity index (χ1) is 9.49. The number of nitrogens with zero attached hydrogens (tertiary/aromatic N) is 1. The zero-order valence-corrected chi connectivity index (χ0v) is 11.9. The van der Waals surface area contributed by atoms with E-state index < -0.39 is 0 Å². The number of hydrogen-bond donors (Lipinski definition) is 1. The molecule has 2 aromatic rings. The number of rotatable bonds is 4. The van der Waals surface area contributed by atoms with Crippen LogP contribution in [0.2, 0.25) is 0 Å². The van der Waals surface area contributed by atoms with Crippen LogP contribution in [0.1, 0.15) is 35.3 Å². The minimum atomic E-state index is -0.387. The smallest absolute Gasteiger partial charge is 0.128 e. The summed E-state index contributed by atoms with van der Waals surface area (Å²) >= 11 is 0. The third kappa shape index (κ3) is 3.20. The highest BCUT2D eigenvalue weighted by molar-refractivity contribution is 5.27. The van der Waals surface area contributed by atoms with Gasteiger partial charge in [0, 0.05) is 24.3 Å². The molecule has 1 heterocycles. The summed E-state index contributed by atoms with van der Waals surface area (Å²) in [5.41, 5.74) is 2.64. The molecule has 0 radical (unpaired) electrons. The number of aromatic nitrogens is 1. The van der Waals surface area contributed by atoms with E-state index in [1.54, 1.807) is 13.1 Å². The van der Waals surface area contributed by atoms with Crippen molar-refractivity contribution in [3.05, 3.63) is 64.5 Å². The van der Waals surface area contributed by atoms with Crippen LogP contribution in [0.15, 0.2) is 30.5 Å². The van der Waals surface area contributed by atoms with Crippen LogP contribution in [-0.2, 0) is 6.54 Å². The fraction of sp³-hybridized carbons (Fsp3) is 0.312. The van der Waals surface area contributed by atoms with Gasteiger partial charge in [-0.05, 0) is 50.1 Å². The molecule has 1 aromatic carbocycles. The van der Waals surface area contributed by atoms with Crippen molar-refractivity contribution in [1.82, 2.24) is 10.3 Å². The molecule has 1 N–H and O–H groups in total. The van der Waals surface area contributed by atoms with Crippen molar-refractivity contribution >= 4 is 0 Å². The highest BCUT2D eigenvalue weighted by Gasteiger charge is 2.14. The summed E-state index contributed by atoms with van der Waals surface area (Å²) in [4.78, 5) is 4.27. The largest absolute Gasteiger partial charge is 0.304 e. The molecule has 20 heavy (non-hydrogen) atoms. The molecule has 0 spiro atoms. The molecule has 1 aromatic heterocycles. The second-order valence-corrected chi connectivity index (χ2v) is 4.99. The fourth-order valence-corrected chi connectivity index (χ4v) is 2.06. The summed E-state index contributed by atoms with van der Waals surface area (Å²) in [6, 6.07) is 6.05. The van der Waals surface area contributed by atoms with Gasteiger partial charge in [0.05, 0.1) is 5.69 Å². The first kappa shape index (κ1) is 14.6. The zero-order chi connectivity index (χ0) is 14.7. The van der Waals surface area contributed by atoms with E-state index in [4.69, 9.17) is 0 Å². The number of halogens is 2. The molecule has 1 atom stereocenters. The van der Waals surface area contributed by atoms with E-state index in [-0.39, 0.29) is 17.7 Å². The van der Waals surface area contributed by atoms with E-state index in [9.17, 15) is 8.78 Å². The van der Waals surface area contributed by atoms with Crippen molar-refractivity contribution in [3.8, 4) is 0 Å². The van der Waals surface area contributed by atoms with Gasteiger partial charge in [-0.3, -0.25) is 4.98 Å². The molecule has 0 aliphatic rings. The molecule has 0 saturated heterocycles. The topological polar surface area (TPSA) is 24.9 Å². The molecule has 0 aliphatic carbocycles. The van der Waals surface area contributed by atoms with Crippen LogP contribution in [0.25, 0.3) is 0 Å². The third-order valence-corrected chi connectivity index (χ3v) is 3.44. The van der Waals surface area contributed by atoms with Crippen LogP contribution in [0.4, 0.5) is 8.78 Å². The Bertz CT molecular complexity index is 611. The first-order valence-electron chi connectivity index (χ1n) is 6.58. The number of pyridine rings is 1. The van der Waals surface area contributed by atoms with Crippen LogP contribution in [-0.4, -0.2) is 4.98 Å². The van der Waals surface area contributed by atoms with Gasteiger partial charge in [-0.1, -0.05) is 6.07 Å². The maximum absolute atomic E-state index is 13.9. The van der Waals surface area contributed by atoms with Gasteiger partial charge in [-0.2, -0.15) is 0 Å². The van der Waals surface area contributed by atoms with E-state index in [2.05, 4.69) is 10.3 Å². The minimum Gasteiger partial charge on any atom is -0.304 e. The van der Waals surface area contributed by atoms with Crippen molar-refractivity contribution < 1.29 is 8.78 Å². The molecular formula is C16H18F2N2. The molecule has 2 nitrogen and oxygen atoms in total. The lowest BCUT2D eigenvalue weighted by Crippen LogP contribution is -2.20. The van der Waals surface area contributed by atoms with Gasteiger partial charge in [0.2, 0.25) is 0 Å². The summed E-state index contributed by atoms with van der Waals surface area (Å²) in [6.07, 6.45) is 1.72. The summed E-state index contributed by atoms with van der Waals surface area (Å²) in [7, 11) is 0. The van der Waals surface area contributed by atoms with E-state index in [0.717, 1.165) is 11.3 Å². The second kappa shape index (κ2) is 6.09. The molecule has 0 fully saturated rings. The Kier molecular flexibility index (Phi) is 4.45. The van der Waals surface area contributed by atoms with Gasteiger partial charge in [0.15, 0.2) is 0 Å². The van der Waals surface area contributed by atoms with E-state index in [1.165, 1.54) is 12.1 Å². The maximum atomic E-state index is 13.9. The first-order valence-corrected chi connectivity index (χ1v) is 6.58. The lowest BCUT2D eigenvalue weighted by molar-refractivity contribution is 0.513. The predicted molar refractivity (Wildman–Crippen MR) is 75.3 cm³/mol. The Morgan fingerprint density at radius 3 is 2.60 bits per heavy atom. The highest BCUT2D eigenvalue weighted by atomic mass is 19.1. The van der Waals surface area contributed by atoms with Crippen LogP contribution in [0.3, 0.4) is 0 Å². The average molecular weight is 276 g/mol. The average Bonchev–Trinajstić information content (AvgIpc) is 2.41. The quantitative estimate of drug-likeness (QED) is 0.918. The van der Waals surface area contributed by atoms with Gasteiger partial charge in [0.25, 0.3) is 0 Å². The molecule has 4 heteroatoms. The Morgan fingerprint density at radius 2 is 1.90 bits per heavy atom. The standard InChI is InChI=1S/C16H18F2N2/c1-10-5-4-6-19-16(10)9-20-12(3)13-8-14(17)11(2)7-15(13)18/h4-8,12,20H,9H2,1-3H3. The van der Waals surface area contributed by atoms with Crippen molar-refractivity contribution in [2.75, 3.05) is 0 Å². The number of nitrogens with one attached hydrogen (secondary N) is 1. The second-order valence-electron chi connectivity index (χ2n) is 4.99.